The van der Waals surface area contributed by atoms with Gasteiger partial charge in [0.2, 0.25) is 0 Å². The fraction of sp³-hybridized carbons (Fsp3) is 0. The SMILES string of the molecule is NNc1nccc(C(=O)Nc2ccncc2F)c1F. The van der Waals surface area contributed by atoms with Crippen molar-refractivity contribution in [2.24, 2.45) is 5.84 Å². The molecule has 0 aliphatic heterocycles. The van der Waals surface area contributed by atoms with Crippen molar-refractivity contribution in [1.29, 1.82) is 0 Å². The highest BCUT2D eigenvalue weighted by atomic mass is 19.1. The Balaban J connectivity index is 2.28. The van der Waals surface area contributed by atoms with Crippen molar-refractivity contribution in [2.45, 2.75) is 0 Å². The predicted molar refractivity (Wildman–Crippen MR) is 64.2 cm³/mol. The Labute approximate surface area is 106 Å². The van der Waals surface area contributed by atoms with Gasteiger partial charge in [-0.05, 0) is 12.1 Å². The van der Waals surface area contributed by atoms with Gasteiger partial charge in [0.05, 0.1) is 17.4 Å². The van der Waals surface area contributed by atoms with Crippen LogP contribution in [0, 0.1) is 11.6 Å². The first-order chi connectivity index (χ1) is 9.13. The summed E-state index contributed by atoms with van der Waals surface area (Å²) in [5, 5.41) is 2.23. The van der Waals surface area contributed by atoms with Crippen LogP contribution in [0.25, 0.3) is 0 Å². The molecule has 8 heteroatoms. The zero-order valence-corrected chi connectivity index (χ0v) is 9.52. The first-order valence-electron chi connectivity index (χ1n) is 5.15. The zero-order valence-electron chi connectivity index (χ0n) is 9.52. The van der Waals surface area contributed by atoms with E-state index in [4.69, 9.17) is 5.84 Å². The number of rotatable bonds is 3. The lowest BCUT2D eigenvalue weighted by Gasteiger charge is -2.08. The van der Waals surface area contributed by atoms with Gasteiger partial charge in [0, 0.05) is 12.4 Å². The van der Waals surface area contributed by atoms with Crippen LogP contribution >= 0.6 is 0 Å². The van der Waals surface area contributed by atoms with Crippen LogP contribution in [-0.2, 0) is 0 Å². The van der Waals surface area contributed by atoms with Gasteiger partial charge < -0.3 is 10.7 Å². The Morgan fingerprint density at radius 1 is 1.26 bits per heavy atom. The molecule has 4 N–H and O–H groups in total. The molecular formula is C11H9F2N5O. The Hall–Kier alpha value is -2.61. The highest BCUT2D eigenvalue weighted by Gasteiger charge is 2.16. The molecule has 2 heterocycles. The third-order valence-corrected chi connectivity index (χ3v) is 2.29. The molecule has 0 saturated carbocycles. The summed E-state index contributed by atoms with van der Waals surface area (Å²) in [5.41, 5.74) is 1.61. The molecule has 2 rings (SSSR count). The second-order valence-electron chi connectivity index (χ2n) is 3.48. The van der Waals surface area contributed by atoms with Crippen molar-refractivity contribution < 1.29 is 13.6 Å². The highest BCUT2D eigenvalue weighted by Crippen LogP contribution is 2.17. The van der Waals surface area contributed by atoms with Gasteiger partial charge in [-0.2, -0.15) is 0 Å². The number of halogens is 2. The summed E-state index contributed by atoms with van der Waals surface area (Å²) in [7, 11) is 0. The van der Waals surface area contributed by atoms with E-state index in [0.29, 0.717) is 0 Å². The molecule has 1 amide bonds. The number of nitrogens with one attached hydrogen (secondary N) is 2. The van der Waals surface area contributed by atoms with E-state index in [9.17, 15) is 13.6 Å². The fourth-order valence-electron chi connectivity index (χ4n) is 1.39. The van der Waals surface area contributed by atoms with Crippen molar-refractivity contribution in [3.05, 3.63) is 47.9 Å². The largest absolute Gasteiger partial charge is 0.319 e. The lowest BCUT2D eigenvalue weighted by molar-refractivity contribution is 0.102. The van der Waals surface area contributed by atoms with Crippen LogP contribution in [0.3, 0.4) is 0 Å². The molecule has 0 spiro atoms. The Kier molecular flexibility index (Phi) is 3.62. The number of hydrogen-bond acceptors (Lipinski definition) is 5. The molecule has 0 unspecified atom stereocenters. The van der Waals surface area contributed by atoms with E-state index in [-0.39, 0.29) is 17.1 Å². The molecule has 0 aliphatic carbocycles. The number of aromatic nitrogens is 2. The van der Waals surface area contributed by atoms with Gasteiger partial charge >= 0.3 is 0 Å². The van der Waals surface area contributed by atoms with Gasteiger partial charge in [0.1, 0.15) is 0 Å². The lowest BCUT2D eigenvalue weighted by Crippen LogP contribution is -2.18. The van der Waals surface area contributed by atoms with Gasteiger partial charge in [0.25, 0.3) is 5.91 Å². The number of nitrogens with zero attached hydrogens (tertiary/aromatic N) is 2. The molecule has 2 aromatic heterocycles. The summed E-state index contributed by atoms with van der Waals surface area (Å²) >= 11 is 0. The minimum atomic E-state index is -0.919. The second kappa shape index (κ2) is 5.36. The third kappa shape index (κ3) is 2.63. The van der Waals surface area contributed by atoms with Crippen molar-refractivity contribution in [1.82, 2.24) is 9.97 Å². The highest BCUT2D eigenvalue weighted by molar-refractivity contribution is 6.04. The Morgan fingerprint density at radius 3 is 2.74 bits per heavy atom. The fourth-order valence-corrected chi connectivity index (χ4v) is 1.39. The van der Waals surface area contributed by atoms with Gasteiger partial charge in [-0.25, -0.2) is 19.6 Å². The number of carbonyl (C=O) groups is 1. The smallest absolute Gasteiger partial charge is 0.258 e. The summed E-state index contributed by atoms with van der Waals surface area (Å²) in [6.07, 6.45) is 3.44. The van der Waals surface area contributed by atoms with Gasteiger partial charge in [-0.3, -0.25) is 9.78 Å². The maximum Gasteiger partial charge on any atom is 0.258 e. The summed E-state index contributed by atoms with van der Waals surface area (Å²) in [5.74, 6) is 2.31. The van der Waals surface area contributed by atoms with Gasteiger partial charge in [-0.1, -0.05) is 0 Å². The maximum absolute atomic E-state index is 13.8. The van der Waals surface area contributed by atoms with Crippen LogP contribution in [0.5, 0.6) is 0 Å². The first kappa shape index (κ1) is 12.8. The molecule has 0 aromatic carbocycles. The Bertz CT molecular complexity index is 620. The summed E-state index contributed by atoms with van der Waals surface area (Å²) in [6, 6.07) is 2.42. The van der Waals surface area contributed by atoms with Crippen LogP contribution < -0.4 is 16.6 Å². The molecule has 0 saturated heterocycles. The number of anilines is 2. The number of hydrazine groups is 1. The summed E-state index contributed by atoms with van der Waals surface area (Å²) in [6.45, 7) is 0. The van der Waals surface area contributed by atoms with Crippen molar-refractivity contribution >= 4 is 17.4 Å². The average molecular weight is 265 g/mol. The Morgan fingerprint density at radius 2 is 2.05 bits per heavy atom. The topological polar surface area (TPSA) is 92.9 Å². The lowest BCUT2D eigenvalue weighted by atomic mass is 10.2. The van der Waals surface area contributed by atoms with Crippen LogP contribution in [0.15, 0.2) is 30.7 Å². The predicted octanol–water partition coefficient (Wildman–Crippen LogP) is 1.29. The van der Waals surface area contributed by atoms with E-state index in [0.717, 1.165) is 12.3 Å². The molecule has 98 valence electrons. The molecule has 19 heavy (non-hydrogen) atoms. The number of amides is 1. The minimum absolute atomic E-state index is 0.0986. The number of nitrogen functional groups attached to an aromatic ring is 1. The minimum Gasteiger partial charge on any atom is -0.319 e. The van der Waals surface area contributed by atoms with Crippen molar-refractivity contribution in [2.75, 3.05) is 10.7 Å². The van der Waals surface area contributed by atoms with Crippen LogP contribution in [0.1, 0.15) is 10.4 Å². The standard InChI is InChI=1S/C11H9F2N5O/c12-7-5-15-3-2-8(7)17-11(19)6-1-4-16-10(18-14)9(6)13/h1-5H,14H2,(H,16,18)(H,15,17,19). The molecule has 2 aromatic rings. The van der Waals surface area contributed by atoms with E-state index < -0.39 is 17.5 Å². The van der Waals surface area contributed by atoms with Crippen LogP contribution in [0.2, 0.25) is 0 Å². The van der Waals surface area contributed by atoms with E-state index in [1.54, 1.807) is 0 Å². The van der Waals surface area contributed by atoms with E-state index in [1.165, 1.54) is 18.5 Å². The second-order valence-corrected chi connectivity index (χ2v) is 3.48. The monoisotopic (exact) mass is 265 g/mol. The van der Waals surface area contributed by atoms with Gasteiger partial charge in [-0.15, -0.1) is 0 Å². The first-order valence-corrected chi connectivity index (χ1v) is 5.15. The quantitative estimate of drug-likeness (QED) is 0.574. The number of hydrogen-bond donors (Lipinski definition) is 3. The molecular weight excluding hydrogens is 256 g/mol. The third-order valence-electron chi connectivity index (χ3n) is 2.29. The molecule has 6 nitrogen and oxygen atoms in total. The summed E-state index contributed by atoms with van der Waals surface area (Å²) in [4.78, 5) is 18.9. The molecule has 0 bridgehead atoms. The number of carbonyl (C=O) groups excluding carboxylic acids is 1. The van der Waals surface area contributed by atoms with Gasteiger partial charge in [0.15, 0.2) is 17.5 Å². The summed E-state index contributed by atoms with van der Waals surface area (Å²) < 4.78 is 27.1. The normalized spacial score (nSPS) is 10.1. The van der Waals surface area contributed by atoms with Crippen molar-refractivity contribution in [3.63, 3.8) is 0 Å². The molecule has 0 radical (unpaired) electrons. The van der Waals surface area contributed by atoms with E-state index >= 15 is 0 Å². The van der Waals surface area contributed by atoms with E-state index in [2.05, 4.69) is 15.3 Å². The zero-order chi connectivity index (χ0) is 13.8. The molecule has 0 aliphatic rings. The van der Waals surface area contributed by atoms with Crippen molar-refractivity contribution in [3.8, 4) is 0 Å². The average Bonchev–Trinajstić information content (AvgIpc) is 2.41. The number of nitrogens with two attached hydrogens (primary N) is 1. The van der Waals surface area contributed by atoms with E-state index in [1.807, 2.05) is 5.43 Å². The molecule has 0 fully saturated rings. The van der Waals surface area contributed by atoms with Crippen LogP contribution in [0.4, 0.5) is 20.3 Å². The van der Waals surface area contributed by atoms with Crippen LogP contribution in [-0.4, -0.2) is 15.9 Å². The number of pyridine rings is 2. The maximum atomic E-state index is 13.8. The molecule has 0 atom stereocenters.